The number of likely N-dealkylation sites (tertiary alicyclic amines) is 1. The van der Waals surface area contributed by atoms with E-state index in [1.54, 1.807) is 42.5 Å². The number of fused-ring (bicyclic) bond motifs is 1. The zero-order valence-corrected chi connectivity index (χ0v) is 25.9. The molecule has 3 aromatic rings. The Hall–Kier alpha value is -5.04. The summed E-state index contributed by atoms with van der Waals surface area (Å²) in [5, 5.41) is 16.7. The minimum atomic E-state index is -1.21. The van der Waals surface area contributed by atoms with Gasteiger partial charge < -0.3 is 20.4 Å². The van der Waals surface area contributed by atoms with E-state index in [2.05, 4.69) is 23.3 Å². The number of hydrogen-bond acceptors (Lipinski definition) is 5. The van der Waals surface area contributed by atoms with E-state index in [-0.39, 0.29) is 30.4 Å². The predicted molar refractivity (Wildman–Crippen MR) is 170 cm³/mol. The molecule has 4 rings (SSSR count). The van der Waals surface area contributed by atoms with Gasteiger partial charge in [-0.2, -0.15) is 5.26 Å². The molecule has 0 spiro atoms. The second kappa shape index (κ2) is 13.7. The molecule has 1 saturated heterocycles. The third-order valence-electron chi connectivity index (χ3n) is 8.29. The monoisotopic (exact) mass is 611 g/mol. The van der Waals surface area contributed by atoms with E-state index in [0.717, 1.165) is 0 Å². The second-order valence-electron chi connectivity index (χ2n) is 12.0. The lowest BCUT2D eigenvalue weighted by Gasteiger charge is -2.34. The molecule has 0 bridgehead atoms. The number of nitrogens with zero attached hydrogens (tertiary/aromatic N) is 3. The summed E-state index contributed by atoms with van der Waals surface area (Å²) in [7, 11) is 1.50. The van der Waals surface area contributed by atoms with Crippen LogP contribution < -0.4 is 10.6 Å². The van der Waals surface area contributed by atoms with Crippen LogP contribution in [0.3, 0.4) is 0 Å². The largest absolute Gasteiger partial charge is 0.341 e. The summed E-state index contributed by atoms with van der Waals surface area (Å²) in [6.45, 7) is 9.16. The molecule has 0 unspecified atom stereocenters. The van der Waals surface area contributed by atoms with Crippen LogP contribution in [0.5, 0.6) is 0 Å². The number of benzene rings is 3. The van der Waals surface area contributed by atoms with E-state index >= 15 is 0 Å². The van der Waals surface area contributed by atoms with Crippen molar-refractivity contribution in [3.8, 4) is 6.07 Å². The Bertz CT molecular complexity index is 1650. The number of nitrogens with one attached hydrogen (secondary N) is 2. The molecular weight excluding hydrogens is 573 g/mol. The highest BCUT2D eigenvalue weighted by Gasteiger charge is 2.51. The number of carbonyl (C=O) groups excluding carboxylic acids is 4. The van der Waals surface area contributed by atoms with Crippen molar-refractivity contribution >= 4 is 40.1 Å². The number of rotatable bonds is 10. The van der Waals surface area contributed by atoms with Gasteiger partial charge in [0.05, 0.1) is 11.5 Å². The molecule has 0 aromatic heterocycles. The zero-order chi connectivity index (χ0) is 32.9. The summed E-state index contributed by atoms with van der Waals surface area (Å²) < 4.78 is 13.7. The Morgan fingerprint density at radius 2 is 1.82 bits per heavy atom. The van der Waals surface area contributed by atoms with E-state index in [0.29, 0.717) is 22.9 Å². The summed E-state index contributed by atoms with van der Waals surface area (Å²) in [6.07, 6.45) is 1.84. The van der Waals surface area contributed by atoms with Crippen LogP contribution in [0.1, 0.15) is 44.0 Å². The van der Waals surface area contributed by atoms with Gasteiger partial charge in [-0.25, -0.2) is 4.39 Å². The number of anilines is 1. The number of para-hydroxylation sites is 1. The maximum atomic E-state index is 14.1. The van der Waals surface area contributed by atoms with E-state index in [1.165, 1.54) is 48.0 Å². The van der Waals surface area contributed by atoms with Crippen molar-refractivity contribution < 1.29 is 23.6 Å². The van der Waals surface area contributed by atoms with Gasteiger partial charge in [0, 0.05) is 31.3 Å². The maximum Gasteiger partial charge on any atom is 0.252 e. The van der Waals surface area contributed by atoms with Crippen molar-refractivity contribution in [2.75, 3.05) is 18.9 Å². The van der Waals surface area contributed by atoms with Crippen LogP contribution in [0.4, 0.5) is 10.1 Å². The first-order valence-electron chi connectivity index (χ1n) is 14.9. The fraction of sp³-hybridized carbons (Fsp3) is 0.343. The van der Waals surface area contributed by atoms with Gasteiger partial charge in [-0.05, 0) is 60.4 Å². The topological polar surface area (TPSA) is 123 Å². The molecule has 2 N–H and O–H groups in total. The summed E-state index contributed by atoms with van der Waals surface area (Å²) in [6, 6.07) is 17.2. The summed E-state index contributed by atoms with van der Waals surface area (Å²) in [5.41, 5.74) is -0.343. The van der Waals surface area contributed by atoms with Crippen LogP contribution in [0.25, 0.3) is 10.8 Å². The lowest BCUT2D eigenvalue weighted by molar-refractivity contribution is -0.146. The van der Waals surface area contributed by atoms with Gasteiger partial charge in [0.25, 0.3) is 5.91 Å². The van der Waals surface area contributed by atoms with Crippen molar-refractivity contribution in [1.29, 1.82) is 5.26 Å². The van der Waals surface area contributed by atoms with Gasteiger partial charge in [-0.1, -0.05) is 56.3 Å². The Morgan fingerprint density at radius 1 is 1.11 bits per heavy atom. The molecule has 45 heavy (non-hydrogen) atoms. The SMILES string of the molecule is C=C[C@]1(C(=O)Nc2ccccc2)C[C@@H](C#N)N(C(=O)[C@H](CC(C)C)N(C)C(=O)[C@H](C)NC(=O)c2cccc3cc(F)ccc23)C1. The number of likely N-dealkylation sites (N-methyl/N-ethyl adjacent to an activating group) is 1. The van der Waals surface area contributed by atoms with Crippen molar-refractivity contribution in [1.82, 2.24) is 15.1 Å². The van der Waals surface area contributed by atoms with Crippen LogP contribution in [-0.4, -0.2) is 65.1 Å². The molecule has 10 heteroatoms. The van der Waals surface area contributed by atoms with Crippen LogP contribution in [-0.2, 0) is 14.4 Å². The van der Waals surface area contributed by atoms with Gasteiger partial charge in [0.15, 0.2) is 0 Å². The summed E-state index contributed by atoms with van der Waals surface area (Å²) >= 11 is 0. The highest BCUT2D eigenvalue weighted by atomic mass is 19.1. The lowest BCUT2D eigenvalue weighted by atomic mass is 9.84. The van der Waals surface area contributed by atoms with Crippen LogP contribution >= 0.6 is 0 Å². The fourth-order valence-electron chi connectivity index (χ4n) is 5.77. The Morgan fingerprint density at radius 3 is 2.47 bits per heavy atom. The first kappa shape index (κ1) is 32.9. The molecule has 1 aliphatic rings. The summed E-state index contributed by atoms with van der Waals surface area (Å²) in [4.78, 5) is 57.1. The summed E-state index contributed by atoms with van der Waals surface area (Å²) in [5.74, 6) is -2.28. The predicted octanol–water partition coefficient (Wildman–Crippen LogP) is 4.91. The minimum Gasteiger partial charge on any atom is -0.341 e. The number of amides is 4. The molecule has 1 heterocycles. The van der Waals surface area contributed by atoms with E-state index in [9.17, 15) is 28.8 Å². The molecule has 0 saturated carbocycles. The Labute approximate surface area is 262 Å². The first-order chi connectivity index (χ1) is 21.4. The number of hydrogen-bond donors (Lipinski definition) is 2. The third-order valence-corrected chi connectivity index (χ3v) is 8.29. The average molecular weight is 612 g/mol. The Balaban J connectivity index is 1.53. The Kier molecular flexibility index (Phi) is 10.0. The highest BCUT2D eigenvalue weighted by Crippen LogP contribution is 2.38. The smallest absolute Gasteiger partial charge is 0.252 e. The molecular formula is C35H38FN5O4. The lowest BCUT2D eigenvalue weighted by Crippen LogP contribution is -2.55. The van der Waals surface area contributed by atoms with Crippen molar-refractivity contribution in [3.63, 3.8) is 0 Å². The first-order valence-corrected chi connectivity index (χ1v) is 14.9. The van der Waals surface area contributed by atoms with Crippen molar-refractivity contribution in [2.24, 2.45) is 11.3 Å². The molecule has 0 radical (unpaired) electrons. The second-order valence-corrected chi connectivity index (χ2v) is 12.0. The van der Waals surface area contributed by atoms with Gasteiger partial charge >= 0.3 is 0 Å². The van der Waals surface area contributed by atoms with Gasteiger partial charge in [-0.15, -0.1) is 6.58 Å². The molecule has 4 atom stereocenters. The third kappa shape index (κ3) is 7.04. The van der Waals surface area contributed by atoms with Crippen LogP contribution in [0.15, 0.2) is 79.4 Å². The van der Waals surface area contributed by atoms with E-state index < -0.39 is 47.1 Å². The van der Waals surface area contributed by atoms with Crippen LogP contribution in [0, 0.1) is 28.5 Å². The van der Waals surface area contributed by atoms with Crippen molar-refractivity contribution in [3.05, 3.63) is 90.8 Å². The molecule has 234 valence electrons. The standard InChI is InChI=1S/C35H38FN5O4/c1-6-35(34(45)39-26-12-8-7-9-13-26)19-27(20-37)41(21-35)33(44)30(17-22(2)3)40(5)32(43)23(4)38-31(42)29-14-10-11-24-18-25(36)15-16-28(24)29/h6-16,18,22-23,27,30H,1,17,19,21H2,2-5H3,(H,38,42)(H,39,45)/t23-,27-,30-,35-/m0/s1. The molecule has 4 amide bonds. The number of halogens is 1. The molecule has 0 aliphatic carbocycles. The fourth-order valence-corrected chi connectivity index (χ4v) is 5.77. The maximum absolute atomic E-state index is 14.1. The van der Waals surface area contributed by atoms with Gasteiger partial charge in [0.1, 0.15) is 23.9 Å². The van der Waals surface area contributed by atoms with Gasteiger partial charge in [0.2, 0.25) is 17.7 Å². The molecule has 9 nitrogen and oxygen atoms in total. The number of nitriles is 1. The van der Waals surface area contributed by atoms with Crippen LogP contribution in [0.2, 0.25) is 0 Å². The van der Waals surface area contributed by atoms with Crippen molar-refractivity contribution in [2.45, 2.75) is 51.7 Å². The normalized spacial score (nSPS) is 19.0. The molecule has 3 aromatic carbocycles. The quantitative estimate of drug-likeness (QED) is 0.316. The van der Waals surface area contributed by atoms with E-state index in [1.807, 2.05) is 19.9 Å². The molecule has 1 fully saturated rings. The number of carbonyl (C=O) groups is 4. The zero-order valence-electron chi connectivity index (χ0n) is 25.9. The molecule has 1 aliphatic heterocycles. The average Bonchev–Trinajstić information content (AvgIpc) is 3.43. The minimum absolute atomic E-state index is 0.00357. The van der Waals surface area contributed by atoms with E-state index in [4.69, 9.17) is 0 Å². The highest BCUT2D eigenvalue weighted by molar-refractivity contribution is 6.08. The van der Waals surface area contributed by atoms with Gasteiger partial charge in [-0.3, -0.25) is 19.2 Å².